The summed E-state index contributed by atoms with van der Waals surface area (Å²) in [5.41, 5.74) is 0. The molecule has 0 atom stereocenters. The molecular weight excluding hydrogens is 264 g/mol. The van der Waals surface area contributed by atoms with Gasteiger partial charge in [-0.05, 0) is 18.6 Å². The lowest BCUT2D eigenvalue weighted by Crippen LogP contribution is -1.94. The van der Waals surface area contributed by atoms with Gasteiger partial charge in [0.05, 0.1) is 0 Å². The number of hydrogen-bond acceptors (Lipinski definition) is 1. The number of allylic oxidation sites excluding steroid dienone is 1. The minimum Gasteiger partial charge on any atom is -0.461 e. The second-order valence-electron chi connectivity index (χ2n) is 3.80. The summed E-state index contributed by atoms with van der Waals surface area (Å²) in [6.07, 6.45) is 6.05. The van der Waals surface area contributed by atoms with Crippen molar-refractivity contribution in [1.82, 2.24) is 0 Å². The number of unbranched alkanes of at least 4 members (excludes halogenated alkanes) is 3. The molecule has 88 valence electrons. The van der Waals surface area contributed by atoms with Crippen LogP contribution in [0.15, 0.2) is 41.1 Å². The van der Waals surface area contributed by atoms with Gasteiger partial charge < -0.3 is 4.74 Å². The summed E-state index contributed by atoms with van der Waals surface area (Å²) in [4.78, 5) is 1.88. The highest BCUT2D eigenvalue weighted by molar-refractivity contribution is 9.11. The molecule has 0 spiro atoms. The van der Waals surface area contributed by atoms with Crippen molar-refractivity contribution in [3.63, 3.8) is 0 Å². The monoisotopic (exact) mass is 282 g/mol. The quantitative estimate of drug-likeness (QED) is 0.489. The molecule has 0 saturated carbocycles. The molecule has 0 unspecified atom stereocenters. The van der Waals surface area contributed by atoms with Gasteiger partial charge in [0.1, 0.15) is 11.5 Å². The van der Waals surface area contributed by atoms with Gasteiger partial charge in [-0.1, -0.05) is 60.3 Å². The summed E-state index contributed by atoms with van der Waals surface area (Å²) in [6.45, 7) is 2.22. The van der Waals surface area contributed by atoms with Gasteiger partial charge in [-0.15, -0.1) is 0 Å². The van der Waals surface area contributed by atoms with Crippen LogP contribution in [0.25, 0.3) is 0 Å². The van der Waals surface area contributed by atoms with E-state index in [0.717, 1.165) is 17.9 Å². The summed E-state index contributed by atoms with van der Waals surface area (Å²) in [6, 6.07) is 9.91. The van der Waals surface area contributed by atoms with Crippen LogP contribution in [0.1, 0.15) is 39.0 Å². The van der Waals surface area contributed by atoms with Crippen LogP contribution in [-0.4, -0.2) is 0 Å². The molecule has 0 amide bonds. The standard InChI is InChI=1S/C14H19BrO/c1-2-3-4-6-11-14(12-15)16-13-9-7-5-8-10-13/h5,7-10,12H,2-4,6,11H2,1H3/b14-12+. The number of hydrogen-bond donors (Lipinski definition) is 0. The Labute approximate surface area is 107 Å². The molecule has 0 fully saturated rings. The molecule has 16 heavy (non-hydrogen) atoms. The van der Waals surface area contributed by atoms with E-state index in [1.165, 1.54) is 25.7 Å². The lowest BCUT2D eigenvalue weighted by molar-refractivity contribution is 0.397. The van der Waals surface area contributed by atoms with Gasteiger partial charge in [-0.3, -0.25) is 0 Å². The van der Waals surface area contributed by atoms with Crippen LogP contribution in [0, 0.1) is 0 Å². The number of rotatable bonds is 7. The van der Waals surface area contributed by atoms with Gasteiger partial charge in [-0.2, -0.15) is 0 Å². The van der Waals surface area contributed by atoms with Crippen LogP contribution in [0.4, 0.5) is 0 Å². The fourth-order valence-electron chi connectivity index (χ4n) is 1.49. The lowest BCUT2D eigenvalue weighted by Gasteiger charge is -2.08. The number of para-hydroxylation sites is 1. The van der Waals surface area contributed by atoms with E-state index < -0.39 is 0 Å². The van der Waals surface area contributed by atoms with Gasteiger partial charge in [0, 0.05) is 11.4 Å². The summed E-state index contributed by atoms with van der Waals surface area (Å²) in [7, 11) is 0. The molecule has 0 aliphatic rings. The Kier molecular flexibility index (Phi) is 6.98. The Morgan fingerprint density at radius 3 is 2.56 bits per heavy atom. The predicted molar refractivity (Wildman–Crippen MR) is 72.8 cm³/mol. The second kappa shape index (κ2) is 8.40. The third-order valence-electron chi connectivity index (χ3n) is 2.39. The van der Waals surface area contributed by atoms with Crippen LogP contribution >= 0.6 is 15.9 Å². The smallest absolute Gasteiger partial charge is 0.126 e. The zero-order chi connectivity index (χ0) is 11.6. The highest BCUT2D eigenvalue weighted by Gasteiger charge is 1.99. The fourth-order valence-corrected chi connectivity index (χ4v) is 1.82. The summed E-state index contributed by atoms with van der Waals surface area (Å²) >= 11 is 3.36. The van der Waals surface area contributed by atoms with Crippen molar-refractivity contribution in [2.45, 2.75) is 39.0 Å². The van der Waals surface area contributed by atoms with E-state index in [-0.39, 0.29) is 0 Å². The molecule has 0 N–H and O–H groups in total. The molecule has 1 aromatic carbocycles. The maximum Gasteiger partial charge on any atom is 0.126 e. The van der Waals surface area contributed by atoms with Crippen LogP contribution in [0.2, 0.25) is 0 Å². The third-order valence-corrected chi connectivity index (χ3v) is 2.90. The fraction of sp³-hybridized carbons (Fsp3) is 0.429. The van der Waals surface area contributed by atoms with Crippen LogP contribution in [0.3, 0.4) is 0 Å². The third kappa shape index (κ3) is 5.36. The largest absolute Gasteiger partial charge is 0.461 e. The van der Waals surface area contributed by atoms with E-state index >= 15 is 0 Å². The minimum atomic E-state index is 0.906. The number of halogens is 1. The van der Waals surface area contributed by atoms with E-state index in [1.807, 2.05) is 35.3 Å². The average molecular weight is 283 g/mol. The van der Waals surface area contributed by atoms with Gasteiger partial charge >= 0.3 is 0 Å². The van der Waals surface area contributed by atoms with E-state index in [0.29, 0.717) is 0 Å². The van der Waals surface area contributed by atoms with Crippen LogP contribution in [-0.2, 0) is 0 Å². The van der Waals surface area contributed by atoms with Crippen molar-refractivity contribution in [2.24, 2.45) is 0 Å². The SMILES string of the molecule is CCCCCC/C(=C\Br)Oc1ccccc1. The molecular formula is C14H19BrO. The molecule has 0 radical (unpaired) electrons. The maximum absolute atomic E-state index is 5.76. The summed E-state index contributed by atoms with van der Waals surface area (Å²) in [5.74, 6) is 1.91. The molecule has 1 rings (SSSR count). The van der Waals surface area contributed by atoms with Crippen molar-refractivity contribution in [2.75, 3.05) is 0 Å². The van der Waals surface area contributed by atoms with Crippen LogP contribution < -0.4 is 4.74 Å². The predicted octanol–water partition coefficient (Wildman–Crippen LogP) is 5.27. The van der Waals surface area contributed by atoms with Crippen molar-refractivity contribution in [3.8, 4) is 5.75 Å². The first-order chi connectivity index (χ1) is 7.86. The Bertz CT molecular complexity index is 306. The molecule has 0 saturated heterocycles. The topological polar surface area (TPSA) is 9.23 Å². The van der Waals surface area contributed by atoms with Gasteiger partial charge in [0.15, 0.2) is 0 Å². The maximum atomic E-state index is 5.76. The normalized spacial score (nSPS) is 11.5. The zero-order valence-corrected chi connectivity index (χ0v) is 11.4. The van der Waals surface area contributed by atoms with Gasteiger partial charge in [-0.25, -0.2) is 0 Å². The number of benzene rings is 1. The highest BCUT2D eigenvalue weighted by Crippen LogP contribution is 2.18. The molecule has 1 aromatic rings. The van der Waals surface area contributed by atoms with Crippen molar-refractivity contribution < 1.29 is 4.74 Å². The van der Waals surface area contributed by atoms with E-state index in [2.05, 4.69) is 22.9 Å². The minimum absolute atomic E-state index is 0.906. The average Bonchev–Trinajstić information content (AvgIpc) is 2.34. The van der Waals surface area contributed by atoms with Gasteiger partial charge in [0.25, 0.3) is 0 Å². The second-order valence-corrected chi connectivity index (χ2v) is 4.26. The molecule has 2 heteroatoms. The Balaban J connectivity index is 2.33. The first-order valence-corrected chi connectivity index (χ1v) is 6.80. The van der Waals surface area contributed by atoms with Crippen molar-refractivity contribution in [3.05, 3.63) is 41.1 Å². The highest BCUT2D eigenvalue weighted by atomic mass is 79.9. The van der Waals surface area contributed by atoms with Crippen molar-refractivity contribution in [1.29, 1.82) is 0 Å². The van der Waals surface area contributed by atoms with Gasteiger partial charge in [0.2, 0.25) is 0 Å². The Morgan fingerprint density at radius 2 is 1.94 bits per heavy atom. The Hall–Kier alpha value is -0.760. The Morgan fingerprint density at radius 1 is 1.19 bits per heavy atom. The van der Waals surface area contributed by atoms with E-state index in [1.54, 1.807) is 0 Å². The molecule has 0 aromatic heterocycles. The molecule has 0 bridgehead atoms. The molecule has 1 nitrogen and oxygen atoms in total. The van der Waals surface area contributed by atoms with E-state index in [4.69, 9.17) is 4.74 Å². The van der Waals surface area contributed by atoms with Crippen LogP contribution in [0.5, 0.6) is 5.75 Å². The molecule has 0 aliphatic carbocycles. The first-order valence-electron chi connectivity index (χ1n) is 5.89. The first kappa shape index (κ1) is 13.3. The van der Waals surface area contributed by atoms with Crippen molar-refractivity contribution >= 4 is 15.9 Å². The lowest BCUT2D eigenvalue weighted by atomic mass is 10.1. The van der Waals surface area contributed by atoms with E-state index in [9.17, 15) is 0 Å². The summed E-state index contributed by atoms with van der Waals surface area (Å²) in [5, 5.41) is 0. The molecule has 0 aliphatic heterocycles. The zero-order valence-electron chi connectivity index (χ0n) is 9.79. The number of ether oxygens (including phenoxy) is 1. The summed E-state index contributed by atoms with van der Waals surface area (Å²) < 4.78 is 5.76. The molecule has 0 heterocycles.